The second kappa shape index (κ2) is 9.86. The molecule has 1 N–H and O–H groups in total. The van der Waals surface area contributed by atoms with Crippen molar-refractivity contribution in [2.75, 3.05) is 12.0 Å². The molecule has 1 saturated heterocycles. The van der Waals surface area contributed by atoms with Gasteiger partial charge >= 0.3 is 0 Å². The number of aryl methyl sites for hydroxylation is 2. The van der Waals surface area contributed by atoms with Gasteiger partial charge < -0.3 is 9.84 Å². The molecule has 0 saturated carbocycles. The number of anilines is 1. The largest absolute Gasteiger partial charge is 0.503 e. The SMILES string of the molecule is C=CC1=CCC2C(=O)N(c3cc(-c4sc5ccc(Cl)cc5c4C)nn3C)C(=O)C2(C)C1c1cc(Br)c(O)c(OC)c1. The fourth-order valence-corrected chi connectivity index (χ4v) is 8.16. The van der Waals surface area contributed by atoms with Crippen LogP contribution in [0.25, 0.3) is 20.7 Å². The summed E-state index contributed by atoms with van der Waals surface area (Å²) in [6, 6.07) is 11.1. The number of amides is 2. The van der Waals surface area contributed by atoms with Crippen LogP contribution in [0.4, 0.5) is 5.82 Å². The van der Waals surface area contributed by atoms with E-state index in [0.717, 1.165) is 31.7 Å². The van der Waals surface area contributed by atoms with Crippen molar-refractivity contribution in [3.63, 3.8) is 0 Å². The van der Waals surface area contributed by atoms with E-state index in [1.807, 2.05) is 44.2 Å². The number of thiophene rings is 1. The van der Waals surface area contributed by atoms with Gasteiger partial charge in [0.05, 0.1) is 27.8 Å². The number of hydrogen-bond donors (Lipinski definition) is 1. The summed E-state index contributed by atoms with van der Waals surface area (Å²) >= 11 is 11.3. The van der Waals surface area contributed by atoms with E-state index in [1.54, 1.807) is 41.3 Å². The molecule has 10 heteroatoms. The molecule has 3 atom stereocenters. The van der Waals surface area contributed by atoms with E-state index in [-0.39, 0.29) is 23.3 Å². The van der Waals surface area contributed by atoms with Crippen LogP contribution in [0.15, 0.2) is 65.2 Å². The van der Waals surface area contributed by atoms with E-state index in [9.17, 15) is 14.7 Å². The van der Waals surface area contributed by atoms with Crippen molar-refractivity contribution in [1.29, 1.82) is 0 Å². The third kappa shape index (κ3) is 4.00. The van der Waals surface area contributed by atoms with E-state index in [2.05, 4.69) is 22.5 Å². The first-order valence-electron chi connectivity index (χ1n) is 13.0. The number of phenolic OH excluding ortho intramolecular Hbond substituents is 1. The molecule has 2 amide bonds. The van der Waals surface area contributed by atoms with Gasteiger partial charge in [-0.2, -0.15) is 5.10 Å². The van der Waals surface area contributed by atoms with Crippen LogP contribution < -0.4 is 9.64 Å². The van der Waals surface area contributed by atoms with Crippen LogP contribution in [0.3, 0.4) is 0 Å². The Morgan fingerprint density at radius 1 is 1.27 bits per heavy atom. The molecule has 210 valence electrons. The number of carbonyl (C=O) groups excluding carboxylic acids is 2. The van der Waals surface area contributed by atoms with Crippen molar-refractivity contribution < 1.29 is 19.4 Å². The number of nitrogens with zero attached hydrogens (tertiary/aromatic N) is 3. The van der Waals surface area contributed by atoms with Crippen molar-refractivity contribution in [2.45, 2.75) is 26.2 Å². The zero-order chi connectivity index (χ0) is 29.4. The Kier molecular flexibility index (Phi) is 6.67. The molecule has 0 bridgehead atoms. The van der Waals surface area contributed by atoms with Crippen molar-refractivity contribution in [2.24, 2.45) is 18.4 Å². The predicted octanol–water partition coefficient (Wildman–Crippen LogP) is 7.54. The average molecular weight is 653 g/mol. The zero-order valence-corrected chi connectivity index (χ0v) is 26.0. The van der Waals surface area contributed by atoms with E-state index in [0.29, 0.717) is 27.4 Å². The van der Waals surface area contributed by atoms with Crippen LogP contribution in [0, 0.1) is 18.3 Å². The first-order valence-corrected chi connectivity index (χ1v) is 15.0. The highest BCUT2D eigenvalue weighted by atomic mass is 79.9. The van der Waals surface area contributed by atoms with Gasteiger partial charge in [0.1, 0.15) is 11.5 Å². The molecule has 4 aromatic rings. The lowest BCUT2D eigenvalue weighted by molar-refractivity contribution is -0.127. The first kappa shape index (κ1) is 27.8. The second-order valence-corrected chi connectivity index (χ2v) is 13.0. The van der Waals surface area contributed by atoms with Gasteiger partial charge in [0.15, 0.2) is 11.5 Å². The van der Waals surface area contributed by atoms with Crippen LogP contribution >= 0.6 is 38.9 Å². The van der Waals surface area contributed by atoms with Gasteiger partial charge in [0.25, 0.3) is 0 Å². The fourth-order valence-electron chi connectivity index (χ4n) is 6.38. The highest BCUT2D eigenvalue weighted by Gasteiger charge is 2.62. The van der Waals surface area contributed by atoms with E-state index >= 15 is 0 Å². The number of fused-ring (bicyclic) bond motifs is 2. The fraction of sp³-hybridized carbons (Fsp3) is 0.258. The number of phenols is 1. The molecule has 6 rings (SSSR count). The number of halogens is 2. The highest BCUT2D eigenvalue weighted by Crippen LogP contribution is 2.58. The number of imide groups is 1. The molecular formula is C31H27BrClN3O4S. The van der Waals surface area contributed by atoms with Crippen LogP contribution in [-0.4, -0.2) is 33.8 Å². The molecule has 1 aliphatic carbocycles. The lowest BCUT2D eigenvalue weighted by Crippen LogP contribution is -2.42. The normalized spacial score (nSPS) is 22.3. The number of hydrogen-bond acceptors (Lipinski definition) is 6. The van der Waals surface area contributed by atoms with Crippen LogP contribution in [-0.2, 0) is 16.6 Å². The molecule has 0 spiro atoms. The Labute approximate surface area is 254 Å². The van der Waals surface area contributed by atoms with Crippen LogP contribution in [0.2, 0.25) is 5.02 Å². The monoisotopic (exact) mass is 651 g/mol. The highest BCUT2D eigenvalue weighted by molar-refractivity contribution is 9.10. The average Bonchev–Trinajstić information content (AvgIpc) is 3.54. The maximum absolute atomic E-state index is 14.5. The summed E-state index contributed by atoms with van der Waals surface area (Å²) in [6.45, 7) is 7.88. The minimum absolute atomic E-state index is 0.0328. The van der Waals surface area contributed by atoms with Crippen LogP contribution in [0.1, 0.15) is 30.4 Å². The summed E-state index contributed by atoms with van der Waals surface area (Å²) in [4.78, 5) is 30.8. The summed E-state index contributed by atoms with van der Waals surface area (Å²) < 4.78 is 8.52. The molecule has 0 radical (unpaired) electrons. The van der Waals surface area contributed by atoms with Gasteiger partial charge in [0.2, 0.25) is 11.8 Å². The zero-order valence-electron chi connectivity index (χ0n) is 22.9. The molecular weight excluding hydrogens is 626 g/mol. The number of rotatable bonds is 5. The van der Waals surface area contributed by atoms with Gasteiger partial charge in [0, 0.05) is 28.8 Å². The number of benzene rings is 2. The number of allylic oxidation sites excluding steroid dienone is 3. The Morgan fingerprint density at radius 3 is 2.73 bits per heavy atom. The summed E-state index contributed by atoms with van der Waals surface area (Å²) in [6.07, 6.45) is 4.12. The number of methoxy groups -OCH3 is 1. The first-order chi connectivity index (χ1) is 19.5. The Balaban J connectivity index is 1.46. The minimum Gasteiger partial charge on any atom is -0.503 e. The standard InChI is InChI=1S/C31H27BrClN3O4S/c1-6-16-7-9-20-29(38)36(30(39)31(20,3)26(16)17-11-21(32)27(37)23(12-17)40-5)25-14-22(34-35(25)4)28-15(2)19-13-18(33)8-10-24(19)41-28/h6-8,10-14,20,26,37H,1,9H2,2-5H3. The van der Waals surface area contributed by atoms with Crippen LogP contribution in [0.5, 0.6) is 11.5 Å². The third-order valence-corrected chi connectivity index (χ3v) is 10.6. The third-order valence-electron chi connectivity index (χ3n) is 8.48. The molecule has 2 aromatic heterocycles. The lowest BCUT2D eigenvalue weighted by atomic mass is 9.60. The second-order valence-electron chi connectivity index (χ2n) is 10.7. The maximum atomic E-state index is 14.5. The van der Waals surface area contributed by atoms with Crippen molar-refractivity contribution in [1.82, 2.24) is 9.78 Å². The predicted molar refractivity (Wildman–Crippen MR) is 166 cm³/mol. The summed E-state index contributed by atoms with van der Waals surface area (Å²) in [5.74, 6) is -0.988. The molecule has 3 heterocycles. The summed E-state index contributed by atoms with van der Waals surface area (Å²) in [7, 11) is 3.22. The Bertz CT molecular complexity index is 1830. The summed E-state index contributed by atoms with van der Waals surface area (Å²) in [5, 5.41) is 16.9. The number of ether oxygens (including phenoxy) is 1. The topological polar surface area (TPSA) is 84.7 Å². The summed E-state index contributed by atoms with van der Waals surface area (Å²) in [5.41, 5.74) is 2.20. The Morgan fingerprint density at radius 2 is 2.02 bits per heavy atom. The molecule has 1 aliphatic heterocycles. The molecule has 2 aliphatic rings. The van der Waals surface area contributed by atoms with E-state index in [4.69, 9.17) is 21.4 Å². The van der Waals surface area contributed by atoms with E-state index < -0.39 is 17.3 Å². The van der Waals surface area contributed by atoms with Crippen molar-refractivity contribution in [3.05, 3.63) is 81.3 Å². The molecule has 2 aromatic carbocycles. The minimum atomic E-state index is -1.11. The van der Waals surface area contributed by atoms with Gasteiger partial charge in [-0.05, 0) is 88.6 Å². The van der Waals surface area contributed by atoms with E-state index in [1.165, 1.54) is 12.0 Å². The van der Waals surface area contributed by atoms with Crippen molar-refractivity contribution in [3.8, 4) is 22.1 Å². The number of aromatic nitrogens is 2. The molecule has 7 nitrogen and oxygen atoms in total. The smallest absolute Gasteiger partial charge is 0.242 e. The maximum Gasteiger partial charge on any atom is 0.242 e. The Hall–Kier alpha value is -3.40. The van der Waals surface area contributed by atoms with Crippen molar-refractivity contribution >= 4 is 66.6 Å². The van der Waals surface area contributed by atoms with Gasteiger partial charge in [-0.15, -0.1) is 11.3 Å². The van der Waals surface area contributed by atoms with Gasteiger partial charge in [-0.3, -0.25) is 14.3 Å². The molecule has 1 fully saturated rings. The molecule has 41 heavy (non-hydrogen) atoms. The van der Waals surface area contributed by atoms with Gasteiger partial charge in [-0.1, -0.05) is 30.3 Å². The number of carbonyl (C=O) groups is 2. The quantitative estimate of drug-likeness (QED) is 0.225. The van der Waals surface area contributed by atoms with Gasteiger partial charge in [-0.25, -0.2) is 4.90 Å². The molecule has 3 unspecified atom stereocenters. The lowest BCUT2D eigenvalue weighted by Gasteiger charge is -2.40. The number of aromatic hydroxyl groups is 1.